The molecule has 0 saturated heterocycles. The minimum absolute atomic E-state index is 0.165. The average Bonchev–Trinajstić information content (AvgIpc) is 2.59. The molecule has 3 aromatic carbocycles. The number of benzene rings is 3. The van der Waals surface area contributed by atoms with Crippen LogP contribution in [0.5, 0.6) is 0 Å². The van der Waals surface area contributed by atoms with Gasteiger partial charge in [0.25, 0.3) is 0 Å². The summed E-state index contributed by atoms with van der Waals surface area (Å²) in [7, 11) is 0. The lowest BCUT2D eigenvalue weighted by Crippen LogP contribution is -2.15. The van der Waals surface area contributed by atoms with Crippen LogP contribution < -0.4 is 5.73 Å². The molecule has 3 rings (SSSR count). The van der Waals surface area contributed by atoms with Gasteiger partial charge in [-0.25, -0.2) is 4.79 Å². The first-order chi connectivity index (χ1) is 11.1. The van der Waals surface area contributed by atoms with Crippen molar-refractivity contribution in [2.45, 2.75) is 6.92 Å². The molecule has 4 nitrogen and oxygen atoms in total. The molecule has 0 fully saturated rings. The van der Waals surface area contributed by atoms with Gasteiger partial charge in [0.05, 0.1) is 5.56 Å². The molecule has 0 radical (unpaired) electrons. The third kappa shape index (κ3) is 3.21. The van der Waals surface area contributed by atoms with Gasteiger partial charge in [0.2, 0.25) is 0 Å². The Hall–Kier alpha value is -3.14. The van der Waals surface area contributed by atoms with E-state index < -0.39 is 5.97 Å². The zero-order valence-corrected chi connectivity index (χ0v) is 12.7. The fourth-order valence-corrected chi connectivity index (χ4v) is 2.32. The first-order valence-corrected chi connectivity index (χ1v) is 7.25. The molecule has 4 heteroatoms. The van der Waals surface area contributed by atoms with Crippen LogP contribution in [-0.4, -0.2) is 11.8 Å². The van der Waals surface area contributed by atoms with Gasteiger partial charge >= 0.3 is 5.97 Å². The van der Waals surface area contributed by atoms with Gasteiger partial charge in [0, 0.05) is 5.56 Å². The quantitative estimate of drug-likeness (QED) is 0.348. The summed E-state index contributed by atoms with van der Waals surface area (Å²) in [5.41, 5.74) is 8.15. The van der Waals surface area contributed by atoms with Crippen LogP contribution in [0, 0.1) is 6.92 Å². The molecular formula is C19H16N2O2. The second-order valence-electron chi connectivity index (χ2n) is 5.25. The SMILES string of the molecule is Cc1ccc(/C(N)=N/OC(=O)c2cccc3ccccc23)cc1. The number of carbonyl (C=O) groups is 1. The van der Waals surface area contributed by atoms with Gasteiger partial charge in [-0.1, -0.05) is 71.4 Å². The van der Waals surface area contributed by atoms with Crippen molar-refractivity contribution in [1.29, 1.82) is 0 Å². The monoisotopic (exact) mass is 304 g/mol. The first-order valence-electron chi connectivity index (χ1n) is 7.25. The Balaban J connectivity index is 1.83. The van der Waals surface area contributed by atoms with Crippen LogP contribution in [0.25, 0.3) is 10.8 Å². The predicted molar refractivity (Wildman–Crippen MR) is 91.3 cm³/mol. The highest BCUT2D eigenvalue weighted by molar-refractivity contribution is 6.05. The molecule has 0 bridgehead atoms. The van der Waals surface area contributed by atoms with Crippen molar-refractivity contribution >= 4 is 22.6 Å². The molecule has 3 aromatic rings. The summed E-state index contributed by atoms with van der Waals surface area (Å²) in [6.07, 6.45) is 0. The summed E-state index contributed by atoms with van der Waals surface area (Å²) < 4.78 is 0. The number of carbonyl (C=O) groups excluding carboxylic acids is 1. The maximum atomic E-state index is 12.3. The molecular weight excluding hydrogens is 288 g/mol. The largest absolute Gasteiger partial charge is 0.380 e. The van der Waals surface area contributed by atoms with Crippen molar-refractivity contribution in [3.63, 3.8) is 0 Å². The Bertz CT molecular complexity index is 878. The number of aryl methyl sites for hydroxylation is 1. The number of rotatable bonds is 3. The molecule has 0 atom stereocenters. The normalized spacial score (nSPS) is 11.4. The third-order valence-corrected chi connectivity index (χ3v) is 3.58. The molecule has 0 amide bonds. The lowest BCUT2D eigenvalue weighted by atomic mass is 10.1. The van der Waals surface area contributed by atoms with E-state index in [1.54, 1.807) is 6.07 Å². The number of fused-ring (bicyclic) bond motifs is 1. The molecule has 0 saturated carbocycles. The maximum absolute atomic E-state index is 12.3. The van der Waals surface area contributed by atoms with E-state index in [4.69, 9.17) is 10.6 Å². The van der Waals surface area contributed by atoms with Crippen molar-refractivity contribution in [1.82, 2.24) is 0 Å². The number of oxime groups is 1. The van der Waals surface area contributed by atoms with Crippen molar-refractivity contribution < 1.29 is 9.63 Å². The van der Waals surface area contributed by atoms with E-state index in [2.05, 4.69) is 5.16 Å². The van der Waals surface area contributed by atoms with E-state index in [0.29, 0.717) is 11.1 Å². The summed E-state index contributed by atoms with van der Waals surface area (Å²) in [6.45, 7) is 1.98. The van der Waals surface area contributed by atoms with Crippen LogP contribution in [0.4, 0.5) is 0 Å². The molecule has 0 aromatic heterocycles. The van der Waals surface area contributed by atoms with Gasteiger partial charge in [-0.3, -0.25) is 0 Å². The highest BCUT2D eigenvalue weighted by atomic mass is 16.7. The van der Waals surface area contributed by atoms with Crippen LogP contribution >= 0.6 is 0 Å². The zero-order chi connectivity index (χ0) is 16.2. The molecule has 114 valence electrons. The molecule has 2 N–H and O–H groups in total. The Morgan fingerprint density at radius 3 is 2.43 bits per heavy atom. The molecule has 23 heavy (non-hydrogen) atoms. The number of hydrogen-bond acceptors (Lipinski definition) is 3. The van der Waals surface area contributed by atoms with E-state index in [1.807, 2.05) is 67.6 Å². The van der Waals surface area contributed by atoms with E-state index in [-0.39, 0.29) is 5.84 Å². The van der Waals surface area contributed by atoms with E-state index >= 15 is 0 Å². The van der Waals surface area contributed by atoms with Crippen molar-refractivity contribution in [2.24, 2.45) is 10.9 Å². The van der Waals surface area contributed by atoms with E-state index in [9.17, 15) is 4.79 Å². The molecule has 0 aliphatic rings. The topological polar surface area (TPSA) is 64.7 Å². The predicted octanol–water partition coefficient (Wildman–Crippen LogP) is 3.63. The van der Waals surface area contributed by atoms with Crippen LogP contribution in [-0.2, 0) is 4.84 Å². The first kappa shape index (κ1) is 14.8. The number of nitrogens with two attached hydrogens (primary N) is 1. The Morgan fingerprint density at radius 1 is 0.957 bits per heavy atom. The summed E-state index contributed by atoms with van der Waals surface area (Å²) in [4.78, 5) is 17.3. The summed E-state index contributed by atoms with van der Waals surface area (Å²) in [5.74, 6) is -0.365. The number of hydrogen-bond donors (Lipinski definition) is 1. The van der Waals surface area contributed by atoms with Crippen molar-refractivity contribution in [2.75, 3.05) is 0 Å². The van der Waals surface area contributed by atoms with Crippen LogP contribution in [0.2, 0.25) is 0 Å². The fourth-order valence-electron chi connectivity index (χ4n) is 2.32. The maximum Gasteiger partial charge on any atom is 0.366 e. The van der Waals surface area contributed by atoms with Gasteiger partial charge in [0.1, 0.15) is 0 Å². The molecule has 0 spiro atoms. The highest BCUT2D eigenvalue weighted by Gasteiger charge is 2.11. The van der Waals surface area contributed by atoms with Gasteiger partial charge < -0.3 is 10.6 Å². The minimum Gasteiger partial charge on any atom is -0.380 e. The molecule has 0 heterocycles. The zero-order valence-electron chi connectivity index (χ0n) is 12.7. The number of amidine groups is 1. The van der Waals surface area contributed by atoms with Gasteiger partial charge in [-0.15, -0.1) is 0 Å². The lowest BCUT2D eigenvalue weighted by Gasteiger charge is -2.05. The van der Waals surface area contributed by atoms with E-state index in [1.165, 1.54) is 0 Å². The van der Waals surface area contributed by atoms with Crippen LogP contribution in [0.1, 0.15) is 21.5 Å². The molecule has 0 aliphatic carbocycles. The number of nitrogens with zero attached hydrogens (tertiary/aromatic N) is 1. The van der Waals surface area contributed by atoms with Gasteiger partial charge in [-0.2, -0.15) is 0 Å². The third-order valence-electron chi connectivity index (χ3n) is 3.58. The Labute approximate surface area is 134 Å². The van der Waals surface area contributed by atoms with Crippen molar-refractivity contribution in [3.8, 4) is 0 Å². The van der Waals surface area contributed by atoms with Gasteiger partial charge in [-0.05, 0) is 23.8 Å². The minimum atomic E-state index is -0.531. The van der Waals surface area contributed by atoms with Crippen molar-refractivity contribution in [3.05, 3.63) is 83.4 Å². The molecule has 0 unspecified atom stereocenters. The fraction of sp³-hybridized carbons (Fsp3) is 0.0526. The lowest BCUT2D eigenvalue weighted by molar-refractivity contribution is 0.0518. The highest BCUT2D eigenvalue weighted by Crippen LogP contribution is 2.19. The second kappa shape index (κ2) is 6.32. The van der Waals surface area contributed by atoms with Crippen LogP contribution in [0.3, 0.4) is 0 Å². The van der Waals surface area contributed by atoms with E-state index in [0.717, 1.165) is 16.3 Å². The smallest absolute Gasteiger partial charge is 0.366 e. The average molecular weight is 304 g/mol. The Kier molecular flexibility index (Phi) is 4.06. The second-order valence-corrected chi connectivity index (χ2v) is 5.25. The standard InChI is InChI=1S/C19H16N2O2/c1-13-9-11-15(12-10-13)18(20)21-23-19(22)17-8-4-6-14-5-2-3-7-16(14)17/h2-12H,1H3,(H2,20,21). The van der Waals surface area contributed by atoms with Crippen LogP contribution in [0.15, 0.2) is 71.9 Å². The summed E-state index contributed by atoms with van der Waals surface area (Å²) in [6, 6.07) is 20.6. The Morgan fingerprint density at radius 2 is 1.65 bits per heavy atom. The summed E-state index contributed by atoms with van der Waals surface area (Å²) in [5, 5.41) is 5.55. The summed E-state index contributed by atoms with van der Waals surface area (Å²) >= 11 is 0. The van der Waals surface area contributed by atoms with Gasteiger partial charge in [0.15, 0.2) is 5.84 Å². The molecule has 0 aliphatic heterocycles.